The number of hydrazone groups is 1. The molecule has 5 nitrogen and oxygen atoms in total. The summed E-state index contributed by atoms with van der Waals surface area (Å²) in [6, 6.07) is 11.7. The Kier molecular flexibility index (Phi) is 3.87. The summed E-state index contributed by atoms with van der Waals surface area (Å²) < 4.78 is 5.06. The van der Waals surface area contributed by atoms with Crippen molar-refractivity contribution in [2.75, 3.05) is 7.11 Å². The lowest BCUT2D eigenvalue weighted by atomic mass is 9.69. The highest BCUT2D eigenvalue weighted by molar-refractivity contribution is 6.68. The minimum atomic E-state index is -1.15. The maximum atomic E-state index is 12.5. The van der Waals surface area contributed by atoms with Crippen molar-refractivity contribution in [1.82, 2.24) is 4.92 Å². The van der Waals surface area contributed by atoms with Gasteiger partial charge in [0, 0.05) is 10.6 Å². The highest BCUT2D eigenvalue weighted by Crippen LogP contribution is 2.17. The zero-order valence-electron chi connectivity index (χ0n) is 11.7. The van der Waals surface area contributed by atoms with E-state index in [0.29, 0.717) is 27.4 Å². The van der Waals surface area contributed by atoms with Gasteiger partial charge in [-0.3, -0.25) is 4.79 Å². The molecule has 7 heteroatoms. The molecule has 1 amide bonds. The lowest BCUT2D eigenvalue weighted by molar-refractivity contribution is 0.0846. The van der Waals surface area contributed by atoms with Crippen LogP contribution in [0.2, 0.25) is 5.02 Å². The predicted octanol–water partition coefficient (Wildman–Crippen LogP) is 1.53. The Morgan fingerprint density at radius 3 is 2.68 bits per heavy atom. The third kappa shape index (κ3) is 2.58. The molecular formula is C15H12BClN2O3. The van der Waals surface area contributed by atoms with Crippen molar-refractivity contribution < 1.29 is 14.6 Å². The van der Waals surface area contributed by atoms with E-state index in [2.05, 4.69) is 5.10 Å². The number of benzene rings is 2. The Morgan fingerprint density at radius 2 is 2.00 bits per heavy atom. The average molecular weight is 315 g/mol. The van der Waals surface area contributed by atoms with E-state index in [9.17, 15) is 9.82 Å². The summed E-state index contributed by atoms with van der Waals surface area (Å²) in [5.41, 5.74) is 1.69. The van der Waals surface area contributed by atoms with Gasteiger partial charge in [0.25, 0.3) is 5.91 Å². The summed E-state index contributed by atoms with van der Waals surface area (Å²) in [5, 5.41) is 14.9. The van der Waals surface area contributed by atoms with Gasteiger partial charge in [-0.2, -0.15) is 5.10 Å². The lowest BCUT2D eigenvalue weighted by Crippen LogP contribution is -2.52. The average Bonchev–Trinajstić information content (AvgIpc) is 2.54. The molecule has 1 aliphatic heterocycles. The third-order valence-electron chi connectivity index (χ3n) is 3.42. The molecule has 2 aromatic carbocycles. The predicted molar refractivity (Wildman–Crippen MR) is 85.8 cm³/mol. The maximum absolute atomic E-state index is 12.5. The van der Waals surface area contributed by atoms with Crippen molar-refractivity contribution in [3.8, 4) is 5.75 Å². The van der Waals surface area contributed by atoms with Gasteiger partial charge in [-0.15, -0.1) is 0 Å². The lowest BCUT2D eigenvalue weighted by Gasteiger charge is -2.25. The summed E-state index contributed by atoms with van der Waals surface area (Å²) in [4.78, 5) is 13.5. The number of hydrogen-bond donors (Lipinski definition) is 1. The fourth-order valence-electron chi connectivity index (χ4n) is 2.24. The second-order valence-corrected chi connectivity index (χ2v) is 5.21. The second kappa shape index (κ2) is 5.83. The van der Waals surface area contributed by atoms with Crippen LogP contribution < -0.4 is 10.2 Å². The molecule has 110 valence electrons. The number of hydrogen-bond acceptors (Lipinski definition) is 4. The zero-order valence-corrected chi connectivity index (χ0v) is 12.5. The molecule has 2 aromatic rings. The fraction of sp³-hybridized carbons (Fsp3) is 0.0667. The molecule has 0 aromatic heterocycles. The summed E-state index contributed by atoms with van der Waals surface area (Å²) in [6.45, 7) is 0. The number of methoxy groups -OCH3 is 1. The first-order chi connectivity index (χ1) is 10.6. The Balaban J connectivity index is 1.89. The Morgan fingerprint density at radius 1 is 1.27 bits per heavy atom. The van der Waals surface area contributed by atoms with Gasteiger partial charge in [0.2, 0.25) is 0 Å². The first kappa shape index (κ1) is 14.6. The number of amides is 1. The van der Waals surface area contributed by atoms with Gasteiger partial charge in [0.15, 0.2) is 0 Å². The van der Waals surface area contributed by atoms with E-state index in [1.54, 1.807) is 49.6 Å². The van der Waals surface area contributed by atoms with Gasteiger partial charge in [-0.25, -0.2) is 4.92 Å². The van der Waals surface area contributed by atoms with E-state index >= 15 is 0 Å². The van der Waals surface area contributed by atoms with Crippen molar-refractivity contribution in [2.45, 2.75) is 0 Å². The van der Waals surface area contributed by atoms with Crippen LogP contribution in [0.1, 0.15) is 15.9 Å². The monoisotopic (exact) mass is 314 g/mol. The van der Waals surface area contributed by atoms with Crippen LogP contribution in [-0.4, -0.2) is 36.2 Å². The van der Waals surface area contributed by atoms with E-state index in [1.165, 1.54) is 6.21 Å². The molecule has 0 atom stereocenters. The SMILES string of the molecule is COc1ccc(C(=O)N2N=Cc3cc(Cl)ccc3B2O)cc1. The third-order valence-corrected chi connectivity index (χ3v) is 3.66. The molecule has 0 saturated heterocycles. The van der Waals surface area contributed by atoms with Crippen LogP contribution in [0.3, 0.4) is 0 Å². The largest absolute Gasteiger partial charge is 0.497 e. The fourth-order valence-corrected chi connectivity index (χ4v) is 2.42. The molecule has 0 saturated carbocycles. The molecule has 0 unspecified atom stereocenters. The minimum Gasteiger partial charge on any atom is -0.497 e. The molecule has 1 N–H and O–H groups in total. The van der Waals surface area contributed by atoms with Crippen LogP contribution in [0.4, 0.5) is 0 Å². The van der Waals surface area contributed by atoms with E-state index in [-0.39, 0.29) is 0 Å². The van der Waals surface area contributed by atoms with Crippen LogP contribution in [0.5, 0.6) is 5.75 Å². The number of rotatable bonds is 2. The van der Waals surface area contributed by atoms with Crippen LogP contribution in [0.25, 0.3) is 0 Å². The molecule has 22 heavy (non-hydrogen) atoms. The Labute approximate surface area is 132 Å². The molecule has 0 aliphatic carbocycles. The summed E-state index contributed by atoms with van der Waals surface area (Å²) in [6.07, 6.45) is 1.51. The molecule has 0 fully saturated rings. The minimum absolute atomic E-state index is 0.396. The van der Waals surface area contributed by atoms with Crippen molar-refractivity contribution in [3.05, 3.63) is 58.6 Å². The smallest absolute Gasteiger partial charge is 0.474 e. The van der Waals surface area contributed by atoms with Gasteiger partial charge in [0.05, 0.1) is 13.3 Å². The number of nitrogens with zero attached hydrogens (tertiary/aromatic N) is 2. The quantitative estimate of drug-likeness (QED) is 0.855. The van der Waals surface area contributed by atoms with E-state index in [4.69, 9.17) is 16.3 Å². The van der Waals surface area contributed by atoms with E-state index in [0.717, 1.165) is 4.92 Å². The second-order valence-electron chi connectivity index (χ2n) is 4.77. The molecule has 0 bridgehead atoms. The van der Waals surface area contributed by atoms with Crippen molar-refractivity contribution in [3.63, 3.8) is 0 Å². The van der Waals surface area contributed by atoms with E-state index in [1.807, 2.05) is 0 Å². The van der Waals surface area contributed by atoms with Crippen LogP contribution in [-0.2, 0) is 0 Å². The molecule has 0 spiro atoms. The number of carbonyl (C=O) groups is 1. The van der Waals surface area contributed by atoms with Gasteiger partial charge in [0.1, 0.15) is 5.75 Å². The van der Waals surface area contributed by atoms with Crippen LogP contribution in [0.15, 0.2) is 47.6 Å². The Hall–Kier alpha value is -2.31. The first-order valence-electron chi connectivity index (χ1n) is 6.59. The van der Waals surface area contributed by atoms with Crippen molar-refractivity contribution >= 4 is 36.2 Å². The highest BCUT2D eigenvalue weighted by Gasteiger charge is 2.34. The van der Waals surface area contributed by atoms with Crippen molar-refractivity contribution in [2.24, 2.45) is 5.10 Å². The molecule has 1 aliphatic rings. The first-order valence-corrected chi connectivity index (χ1v) is 6.97. The standard InChI is InChI=1S/C15H12BClN2O3/c1-22-13-5-2-10(3-6-13)15(20)19-16(21)14-7-4-12(17)8-11(14)9-18-19/h2-9,21H,1H3. The van der Waals surface area contributed by atoms with Gasteiger partial charge < -0.3 is 9.76 Å². The van der Waals surface area contributed by atoms with Gasteiger partial charge in [-0.1, -0.05) is 17.7 Å². The number of halogens is 1. The summed E-state index contributed by atoms with van der Waals surface area (Å²) in [7, 11) is 0.407. The summed E-state index contributed by atoms with van der Waals surface area (Å²) >= 11 is 5.91. The van der Waals surface area contributed by atoms with Crippen molar-refractivity contribution in [1.29, 1.82) is 0 Å². The van der Waals surface area contributed by atoms with Gasteiger partial charge in [-0.05, 0) is 47.4 Å². The normalized spacial score (nSPS) is 13.0. The number of carbonyl (C=O) groups excluding carboxylic acids is 1. The molecule has 0 radical (unpaired) electrons. The molecule has 3 rings (SSSR count). The zero-order chi connectivity index (χ0) is 15.7. The number of fused-ring (bicyclic) bond motifs is 1. The maximum Gasteiger partial charge on any atom is 0.474 e. The molecular weight excluding hydrogens is 302 g/mol. The Bertz CT molecular complexity index is 749. The topological polar surface area (TPSA) is 62.1 Å². The van der Waals surface area contributed by atoms with Crippen LogP contribution >= 0.6 is 11.6 Å². The molecule has 1 heterocycles. The van der Waals surface area contributed by atoms with Crippen LogP contribution in [0, 0.1) is 0 Å². The summed E-state index contributed by atoms with van der Waals surface area (Å²) in [5.74, 6) is 0.256. The number of ether oxygens (including phenoxy) is 1. The van der Waals surface area contributed by atoms with Gasteiger partial charge >= 0.3 is 7.05 Å². The highest BCUT2D eigenvalue weighted by atomic mass is 35.5. The van der Waals surface area contributed by atoms with E-state index < -0.39 is 13.0 Å².